The van der Waals surface area contributed by atoms with Crippen LogP contribution >= 0.6 is 23.2 Å². The summed E-state index contributed by atoms with van der Waals surface area (Å²) in [5, 5.41) is 0.415. The van der Waals surface area contributed by atoms with Crippen LogP contribution in [0, 0.1) is 5.82 Å². The highest BCUT2D eigenvalue weighted by Gasteiger charge is 2.21. The number of halogens is 3. The third-order valence-corrected chi connectivity index (χ3v) is 3.92. The number of methoxy groups -OCH3 is 2. The van der Waals surface area contributed by atoms with E-state index in [9.17, 15) is 14.0 Å². The molecule has 0 aromatic heterocycles. The molecule has 142 valence electrons. The van der Waals surface area contributed by atoms with Gasteiger partial charge in [0.15, 0.2) is 0 Å². The van der Waals surface area contributed by atoms with Crippen molar-refractivity contribution >= 4 is 41.2 Å². The minimum absolute atomic E-state index is 0.00569. The van der Waals surface area contributed by atoms with Gasteiger partial charge in [-0.25, -0.2) is 14.0 Å². The molecule has 0 unspecified atom stereocenters. The van der Waals surface area contributed by atoms with Crippen LogP contribution in [0.15, 0.2) is 42.0 Å². The predicted octanol–water partition coefficient (Wildman–Crippen LogP) is 4.44. The standard InChI is InChI=1S/C19H15Cl2FO5/c1-25-18(23)15(19(24)26-2)8-12-7-13(20)9-16(21)17(12)27-10-11-4-3-5-14(22)6-11/h3-9H,10H2,1-2H3. The maximum Gasteiger partial charge on any atom is 0.345 e. The molecule has 0 aliphatic rings. The number of hydrogen-bond acceptors (Lipinski definition) is 5. The van der Waals surface area contributed by atoms with E-state index < -0.39 is 17.8 Å². The normalized spacial score (nSPS) is 10.1. The van der Waals surface area contributed by atoms with E-state index in [1.807, 2.05) is 0 Å². The Labute approximate surface area is 165 Å². The van der Waals surface area contributed by atoms with Gasteiger partial charge >= 0.3 is 11.9 Å². The number of ether oxygens (including phenoxy) is 3. The van der Waals surface area contributed by atoms with E-state index in [4.69, 9.17) is 27.9 Å². The minimum Gasteiger partial charge on any atom is -0.487 e. The largest absolute Gasteiger partial charge is 0.487 e. The first kappa shape index (κ1) is 20.7. The summed E-state index contributed by atoms with van der Waals surface area (Å²) in [7, 11) is 2.26. The molecular weight excluding hydrogens is 398 g/mol. The summed E-state index contributed by atoms with van der Waals surface area (Å²) in [6.07, 6.45) is 1.20. The Morgan fingerprint density at radius 2 is 1.74 bits per heavy atom. The molecule has 0 spiro atoms. The van der Waals surface area contributed by atoms with Gasteiger partial charge < -0.3 is 14.2 Å². The molecule has 8 heteroatoms. The highest BCUT2D eigenvalue weighted by Crippen LogP contribution is 2.34. The van der Waals surface area contributed by atoms with Crippen LogP contribution in [0.3, 0.4) is 0 Å². The average Bonchev–Trinajstić information content (AvgIpc) is 2.64. The molecule has 2 aromatic rings. The number of rotatable bonds is 6. The lowest BCUT2D eigenvalue weighted by Crippen LogP contribution is -2.15. The molecular formula is C19H15Cl2FO5. The zero-order chi connectivity index (χ0) is 20.0. The van der Waals surface area contributed by atoms with E-state index in [-0.39, 0.29) is 33.5 Å². The van der Waals surface area contributed by atoms with Gasteiger partial charge in [0, 0.05) is 10.6 Å². The highest BCUT2D eigenvalue weighted by atomic mass is 35.5. The number of esters is 2. The van der Waals surface area contributed by atoms with Crippen LogP contribution in [0.4, 0.5) is 4.39 Å². The Morgan fingerprint density at radius 3 is 2.33 bits per heavy atom. The van der Waals surface area contributed by atoms with Crippen molar-refractivity contribution < 1.29 is 28.2 Å². The minimum atomic E-state index is -0.894. The summed E-state index contributed by atoms with van der Waals surface area (Å²) in [6, 6.07) is 8.75. The summed E-state index contributed by atoms with van der Waals surface area (Å²) >= 11 is 12.2. The summed E-state index contributed by atoms with van der Waals surface area (Å²) in [5.41, 5.74) is 0.459. The van der Waals surface area contributed by atoms with Gasteiger partial charge in [-0.2, -0.15) is 0 Å². The quantitative estimate of drug-likeness (QED) is 0.303. The van der Waals surface area contributed by atoms with Gasteiger partial charge in [-0.05, 0) is 35.9 Å². The zero-order valence-electron chi connectivity index (χ0n) is 14.4. The van der Waals surface area contributed by atoms with E-state index in [1.54, 1.807) is 12.1 Å². The molecule has 2 rings (SSSR count). The van der Waals surface area contributed by atoms with Crippen molar-refractivity contribution in [2.45, 2.75) is 6.61 Å². The van der Waals surface area contributed by atoms with Gasteiger partial charge in [-0.15, -0.1) is 0 Å². The Morgan fingerprint density at radius 1 is 1.07 bits per heavy atom. The van der Waals surface area contributed by atoms with Crippen LogP contribution in [-0.4, -0.2) is 26.2 Å². The van der Waals surface area contributed by atoms with E-state index in [2.05, 4.69) is 9.47 Å². The first-order valence-electron chi connectivity index (χ1n) is 7.60. The van der Waals surface area contributed by atoms with E-state index in [0.717, 1.165) is 14.2 Å². The summed E-state index contributed by atoms with van der Waals surface area (Å²) < 4.78 is 28.2. The van der Waals surface area contributed by atoms with Crippen LogP contribution in [0.2, 0.25) is 10.0 Å². The Kier molecular flexibility index (Phi) is 7.21. The monoisotopic (exact) mass is 412 g/mol. The van der Waals surface area contributed by atoms with Crippen LogP contribution in [0.25, 0.3) is 6.08 Å². The second kappa shape index (κ2) is 9.39. The molecule has 0 amide bonds. The number of benzene rings is 2. The molecule has 0 radical (unpaired) electrons. The van der Waals surface area contributed by atoms with Crippen molar-refractivity contribution in [1.82, 2.24) is 0 Å². The Bertz CT molecular complexity index is 878. The van der Waals surface area contributed by atoms with Crippen molar-refractivity contribution in [2.75, 3.05) is 14.2 Å². The summed E-state index contributed by atoms with van der Waals surface area (Å²) in [5.74, 6) is -2.03. The third-order valence-electron chi connectivity index (χ3n) is 3.42. The fourth-order valence-electron chi connectivity index (χ4n) is 2.20. The van der Waals surface area contributed by atoms with Crippen molar-refractivity contribution in [2.24, 2.45) is 0 Å². The first-order valence-corrected chi connectivity index (χ1v) is 8.36. The molecule has 0 N–H and O–H groups in total. The van der Waals surface area contributed by atoms with Gasteiger partial charge in [-0.3, -0.25) is 0 Å². The van der Waals surface area contributed by atoms with Crippen molar-refractivity contribution in [1.29, 1.82) is 0 Å². The maximum atomic E-state index is 13.3. The van der Waals surface area contributed by atoms with E-state index >= 15 is 0 Å². The molecule has 0 heterocycles. The highest BCUT2D eigenvalue weighted by molar-refractivity contribution is 6.36. The Hall–Kier alpha value is -2.57. The number of carbonyl (C=O) groups is 2. The molecule has 5 nitrogen and oxygen atoms in total. The van der Waals surface area contributed by atoms with Gasteiger partial charge in [0.1, 0.15) is 23.7 Å². The fourth-order valence-corrected chi connectivity index (χ4v) is 2.76. The average molecular weight is 413 g/mol. The van der Waals surface area contributed by atoms with Gasteiger partial charge in [0.25, 0.3) is 0 Å². The van der Waals surface area contributed by atoms with Gasteiger partial charge in [0.05, 0.1) is 19.2 Å². The SMILES string of the molecule is COC(=O)C(=Cc1cc(Cl)cc(Cl)c1OCc1cccc(F)c1)C(=O)OC. The topological polar surface area (TPSA) is 61.8 Å². The lowest BCUT2D eigenvalue weighted by atomic mass is 10.1. The van der Waals surface area contributed by atoms with Crippen LogP contribution < -0.4 is 4.74 Å². The molecule has 0 saturated heterocycles. The third kappa shape index (κ3) is 5.45. The van der Waals surface area contributed by atoms with Crippen molar-refractivity contribution in [3.63, 3.8) is 0 Å². The van der Waals surface area contributed by atoms with Gasteiger partial charge in [-0.1, -0.05) is 35.3 Å². The number of carbonyl (C=O) groups excluding carboxylic acids is 2. The lowest BCUT2D eigenvalue weighted by molar-refractivity contribution is -0.143. The van der Waals surface area contributed by atoms with Crippen LogP contribution in [0.5, 0.6) is 5.75 Å². The first-order chi connectivity index (χ1) is 12.8. The molecule has 2 aromatic carbocycles. The molecule has 0 aliphatic carbocycles. The predicted molar refractivity (Wildman–Crippen MR) is 99.2 cm³/mol. The zero-order valence-corrected chi connectivity index (χ0v) is 15.9. The van der Waals surface area contributed by atoms with Crippen LogP contribution in [-0.2, 0) is 25.7 Å². The summed E-state index contributed by atoms with van der Waals surface area (Å²) in [4.78, 5) is 23.7. The fraction of sp³-hybridized carbons (Fsp3) is 0.158. The molecule has 0 bridgehead atoms. The van der Waals surface area contributed by atoms with Crippen molar-refractivity contribution in [3.05, 3.63) is 69.0 Å². The second-order valence-corrected chi connectivity index (χ2v) is 6.11. The van der Waals surface area contributed by atoms with Gasteiger partial charge in [0.2, 0.25) is 0 Å². The number of hydrogen-bond donors (Lipinski definition) is 0. The smallest absolute Gasteiger partial charge is 0.345 e. The van der Waals surface area contributed by atoms with E-state index in [0.29, 0.717) is 5.56 Å². The van der Waals surface area contributed by atoms with Crippen molar-refractivity contribution in [3.8, 4) is 5.75 Å². The molecule has 0 saturated carbocycles. The maximum absolute atomic E-state index is 13.3. The second-order valence-electron chi connectivity index (χ2n) is 5.27. The lowest BCUT2D eigenvalue weighted by Gasteiger charge is -2.13. The summed E-state index contributed by atoms with van der Waals surface area (Å²) in [6.45, 7) is 0.00569. The van der Waals surface area contributed by atoms with E-state index in [1.165, 1.54) is 30.3 Å². The molecule has 0 fully saturated rings. The molecule has 27 heavy (non-hydrogen) atoms. The van der Waals surface area contributed by atoms with Crippen LogP contribution in [0.1, 0.15) is 11.1 Å². The Balaban J connectivity index is 2.44. The molecule has 0 atom stereocenters. The molecule has 0 aliphatic heterocycles.